The molecule has 1 aromatic carbocycles. The summed E-state index contributed by atoms with van der Waals surface area (Å²) in [5.41, 5.74) is 7.13. The highest BCUT2D eigenvalue weighted by atomic mass is 16.5. The first-order valence-electron chi connectivity index (χ1n) is 4.73. The molecule has 13 heavy (non-hydrogen) atoms. The van der Waals surface area contributed by atoms with Crippen LogP contribution in [0, 0.1) is 5.92 Å². The number of nitrogens with two attached hydrogens (primary N) is 1. The fraction of sp³-hybridized carbons (Fsp3) is 0.455. The lowest BCUT2D eigenvalue weighted by Crippen LogP contribution is -2.35. The molecule has 0 saturated carbocycles. The van der Waals surface area contributed by atoms with E-state index in [0.29, 0.717) is 5.92 Å². The van der Waals surface area contributed by atoms with Crippen LogP contribution in [0.4, 0.5) is 0 Å². The lowest BCUT2D eigenvalue weighted by atomic mass is 9.92. The molecule has 0 radical (unpaired) electrons. The predicted octanol–water partition coefficient (Wildman–Crippen LogP) is 1.58. The van der Waals surface area contributed by atoms with Crippen LogP contribution in [0.1, 0.15) is 12.5 Å². The maximum atomic E-state index is 5.84. The van der Waals surface area contributed by atoms with E-state index < -0.39 is 0 Å². The van der Waals surface area contributed by atoms with Crippen LogP contribution < -0.4 is 10.5 Å². The molecule has 70 valence electrons. The molecule has 2 N–H and O–H groups in total. The zero-order valence-electron chi connectivity index (χ0n) is 7.86. The first-order chi connectivity index (χ1) is 6.27. The zero-order valence-corrected chi connectivity index (χ0v) is 7.86. The number of para-hydroxylation sites is 1. The lowest BCUT2D eigenvalue weighted by molar-refractivity contribution is 0.204. The summed E-state index contributed by atoms with van der Waals surface area (Å²) >= 11 is 0. The molecule has 0 saturated heterocycles. The Labute approximate surface area is 78.7 Å². The quantitative estimate of drug-likeness (QED) is 0.707. The molecule has 1 aromatic rings. The van der Waals surface area contributed by atoms with Gasteiger partial charge >= 0.3 is 0 Å². The molecule has 1 unspecified atom stereocenters. The van der Waals surface area contributed by atoms with Crippen molar-refractivity contribution < 1.29 is 4.74 Å². The van der Waals surface area contributed by atoms with Gasteiger partial charge in [0, 0.05) is 12.0 Å². The highest BCUT2D eigenvalue weighted by Gasteiger charge is 2.21. The van der Waals surface area contributed by atoms with Crippen molar-refractivity contribution in [2.45, 2.75) is 19.4 Å². The van der Waals surface area contributed by atoms with Gasteiger partial charge < -0.3 is 10.5 Å². The third-order valence-electron chi connectivity index (χ3n) is 2.65. The van der Waals surface area contributed by atoms with E-state index in [-0.39, 0.29) is 6.04 Å². The largest absolute Gasteiger partial charge is 0.493 e. The maximum Gasteiger partial charge on any atom is 0.122 e. The van der Waals surface area contributed by atoms with Gasteiger partial charge in [-0.3, -0.25) is 0 Å². The van der Waals surface area contributed by atoms with Crippen molar-refractivity contribution in [3.05, 3.63) is 29.8 Å². The van der Waals surface area contributed by atoms with Crippen LogP contribution in [0.15, 0.2) is 24.3 Å². The average molecular weight is 177 g/mol. The van der Waals surface area contributed by atoms with Crippen LogP contribution in [0.25, 0.3) is 0 Å². The topological polar surface area (TPSA) is 35.2 Å². The van der Waals surface area contributed by atoms with Crippen molar-refractivity contribution in [1.82, 2.24) is 0 Å². The summed E-state index contributed by atoms with van der Waals surface area (Å²) in [7, 11) is 0. The second-order valence-electron chi connectivity index (χ2n) is 3.74. The van der Waals surface area contributed by atoms with E-state index in [1.165, 1.54) is 5.56 Å². The van der Waals surface area contributed by atoms with Crippen molar-refractivity contribution in [3.8, 4) is 5.75 Å². The van der Waals surface area contributed by atoms with Gasteiger partial charge in [0.15, 0.2) is 0 Å². The van der Waals surface area contributed by atoms with Crippen LogP contribution in [0.2, 0.25) is 0 Å². The van der Waals surface area contributed by atoms with Crippen molar-refractivity contribution >= 4 is 0 Å². The third kappa shape index (κ3) is 1.68. The van der Waals surface area contributed by atoms with Crippen LogP contribution in [0.5, 0.6) is 5.75 Å². The molecule has 1 heterocycles. The normalized spacial score (nSPS) is 23.1. The number of hydrogen-bond donors (Lipinski definition) is 1. The Kier molecular flexibility index (Phi) is 2.23. The molecule has 2 rings (SSSR count). The van der Waals surface area contributed by atoms with Gasteiger partial charge in [-0.25, -0.2) is 0 Å². The minimum Gasteiger partial charge on any atom is -0.493 e. The van der Waals surface area contributed by atoms with E-state index in [1.807, 2.05) is 25.1 Å². The summed E-state index contributed by atoms with van der Waals surface area (Å²) < 4.78 is 5.62. The number of ether oxygens (including phenoxy) is 1. The SMILES string of the molecule is C[C@@H](N)C1COc2ccccc2C1. The van der Waals surface area contributed by atoms with Crippen LogP contribution in [-0.4, -0.2) is 12.6 Å². The molecule has 0 aliphatic carbocycles. The summed E-state index contributed by atoms with van der Waals surface area (Å²) in [5, 5.41) is 0. The molecule has 0 aromatic heterocycles. The first-order valence-corrected chi connectivity index (χ1v) is 4.73. The molecule has 1 aliphatic rings. The summed E-state index contributed by atoms with van der Waals surface area (Å²) in [4.78, 5) is 0. The highest BCUT2D eigenvalue weighted by molar-refractivity contribution is 5.35. The summed E-state index contributed by atoms with van der Waals surface area (Å²) in [6.45, 7) is 2.80. The lowest BCUT2D eigenvalue weighted by Gasteiger charge is -2.27. The standard InChI is InChI=1S/C11H15NO/c1-8(12)10-6-9-4-2-3-5-11(9)13-7-10/h2-5,8,10H,6-7,12H2,1H3/t8-,10?/m1/s1. The van der Waals surface area contributed by atoms with E-state index in [0.717, 1.165) is 18.8 Å². The molecule has 0 bridgehead atoms. The van der Waals surface area contributed by atoms with Gasteiger partial charge in [0.05, 0.1) is 6.61 Å². The van der Waals surface area contributed by atoms with Gasteiger partial charge in [0.2, 0.25) is 0 Å². The minimum absolute atomic E-state index is 0.216. The predicted molar refractivity (Wildman–Crippen MR) is 52.8 cm³/mol. The van der Waals surface area contributed by atoms with Crippen molar-refractivity contribution in [3.63, 3.8) is 0 Å². The fourth-order valence-electron chi connectivity index (χ4n) is 1.69. The molecular formula is C11H15NO. The summed E-state index contributed by atoms with van der Waals surface area (Å²) in [5.74, 6) is 1.49. The number of hydrogen-bond acceptors (Lipinski definition) is 2. The molecule has 1 aliphatic heterocycles. The molecular weight excluding hydrogens is 162 g/mol. The number of rotatable bonds is 1. The van der Waals surface area contributed by atoms with Crippen molar-refractivity contribution in [2.24, 2.45) is 11.7 Å². The smallest absolute Gasteiger partial charge is 0.122 e. The Morgan fingerprint density at radius 2 is 2.23 bits per heavy atom. The Morgan fingerprint density at radius 3 is 3.00 bits per heavy atom. The van der Waals surface area contributed by atoms with Crippen molar-refractivity contribution in [1.29, 1.82) is 0 Å². The Morgan fingerprint density at radius 1 is 1.46 bits per heavy atom. The first kappa shape index (κ1) is 8.57. The molecule has 0 amide bonds. The van der Waals surface area contributed by atoms with Crippen LogP contribution in [-0.2, 0) is 6.42 Å². The van der Waals surface area contributed by atoms with E-state index in [1.54, 1.807) is 0 Å². The van der Waals surface area contributed by atoms with Crippen molar-refractivity contribution in [2.75, 3.05) is 6.61 Å². The monoisotopic (exact) mass is 177 g/mol. The van der Waals surface area contributed by atoms with Gasteiger partial charge in [0.25, 0.3) is 0 Å². The third-order valence-corrected chi connectivity index (χ3v) is 2.65. The van der Waals surface area contributed by atoms with Gasteiger partial charge in [0.1, 0.15) is 5.75 Å². The van der Waals surface area contributed by atoms with Gasteiger partial charge in [-0.15, -0.1) is 0 Å². The number of fused-ring (bicyclic) bond motifs is 1. The Bertz CT molecular complexity index is 296. The maximum absolute atomic E-state index is 5.84. The van der Waals surface area contributed by atoms with E-state index >= 15 is 0 Å². The minimum atomic E-state index is 0.216. The van der Waals surface area contributed by atoms with E-state index in [4.69, 9.17) is 10.5 Å². The summed E-state index contributed by atoms with van der Waals surface area (Å²) in [6.07, 6.45) is 1.05. The second-order valence-corrected chi connectivity index (χ2v) is 3.74. The number of benzene rings is 1. The molecule has 2 nitrogen and oxygen atoms in total. The van der Waals surface area contributed by atoms with E-state index in [2.05, 4.69) is 6.07 Å². The molecule has 2 atom stereocenters. The zero-order chi connectivity index (χ0) is 9.26. The fourth-order valence-corrected chi connectivity index (χ4v) is 1.69. The highest BCUT2D eigenvalue weighted by Crippen LogP contribution is 2.27. The van der Waals surface area contributed by atoms with Crippen LogP contribution >= 0.6 is 0 Å². The van der Waals surface area contributed by atoms with Gasteiger partial charge in [-0.2, -0.15) is 0 Å². The van der Waals surface area contributed by atoms with Gasteiger partial charge in [-0.05, 0) is 25.0 Å². The Hall–Kier alpha value is -1.02. The average Bonchev–Trinajstić information content (AvgIpc) is 2.17. The van der Waals surface area contributed by atoms with Gasteiger partial charge in [-0.1, -0.05) is 18.2 Å². The molecule has 0 fully saturated rings. The molecule has 2 heteroatoms. The van der Waals surface area contributed by atoms with Crippen LogP contribution in [0.3, 0.4) is 0 Å². The Balaban J connectivity index is 2.20. The molecule has 0 spiro atoms. The summed E-state index contributed by atoms with van der Waals surface area (Å²) in [6, 6.07) is 8.40. The van der Waals surface area contributed by atoms with E-state index in [9.17, 15) is 0 Å². The second kappa shape index (κ2) is 3.38.